The van der Waals surface area contributed by atoms with Gasteiger partial charge in [0.05, 0.1) is 19.2 Å². The monoisotopic (exact) mass is 728 g/mol. The molecule has 4 aromatic carbocycles. The molecule has 0 bridgehead atoms. The molecule has 2 aliphatic heterocycles. The van der Waals surface area contributed by atoms with Gasteiger partial charge in [-0.1, -0.05) is 48.0 Å². The van der Waals surface area contributed by atoms with Crippen LogP contribution in [0.2, 0.25) is 5.02 Å². The molecule has 4 aromatic rings. The van der Waals surface area contributed by atoms with Crippen LogP contribution in [0.15, 0.2) is 107 Å². The molecule has 6 rings (SSSR count). The molecule has 2 aliphatic rings. The Kier molecular flexibility index (Phi) is 13.5. The van der Waals surface area contributed by atoms with Gasteiger partial charge in [-0.25, -0.2) is 19.6 Å². The Bertz CT molecular complexity index is 1820. The molecular weight excluding hydrogens is 688 g/mol. The first kappa shape index (κ1) is 37.3. The first-order valence-corrected chi connectivity index (χ1v) is 17.0. The molecular formula is C38H41ClN6O7. The predicted molar refractivity (Wildman–Crippen MR) is 200 cm³/mol. The van der Waals surface area contributed by atoms with E-state index in [-0.39, 0.29) is 30.7 Å². The van der Waals surface area contributed by atoms with Crippen LogP contribution in [-0.4, -0.2) is 56.6 Å². The molecule has 13 nitrogen and oxygen atoms in total. The lowest BCUT2D eigenvalue weighted by atomic mass is 10.1. The number of nitrogens with zero attached hydrogens (tertiary/aromatic N) is 2. The highest BCUT2D eigenvalue weighted by Crippen LogP contribution is 2.19. The highest BCUT2D eigenvalue weighted by molar-refractivity contribution is 6.30. The van der Waals surface area contributed by atoms with Crippen LogP contribution in [-0.2, 0) is 33.7 Å². The van der Waals surface area contributed by atoms with Gasteiger partial charge in [0.2, 0.25) is 0 Å². The molecule has 2 heterocycles. The number of hydrogen-bond acceptors (Lipinski definition) is 11. The topological polar surface area (TPSA) is 181 Å². The predicted octanol–water partition coefficient (Wildman–Crippen LogP) is 6.69. The third-order valence-electron chi connectivity index (χ3n) is 7.95. The van der Waals surface area contributed by atoms with Crippen LogP contribution >= 0.6 is 11.6 Å². The standard InChI is InChI=1S/C19H20ClN3O3.C19H21N3O4/c20-15-6-1-14(2-7-15)11-26-19(24)23-16-8-3-13(4-9-16)5-10-17-12-25-18(21)22-17;1-24-16-8-10-17(11-9-16)26-19(23)22-14-5-2-13(3-6-14)4-7-15-12-25-18(20)21-15/h1-4,6-9,17H,5,10-12H2,(H2,21,22)(H,23,24);2-3,5-6,8-11,15H,4,7,12H2,1H3,(H2,20,21)(H,22,23). The SMILES string of the molecule is COc1ccc(OC(=O)Nc2ccc(CCC3COC(N)=N3)cc2)cc1.NC1=NC(CCc2ccc(NC(=O)OCc3ccc(Cl)cc3)cc2)CO1. The van der Waals surface area contributed by atoms with Crippen molar-refractivity contribution in [3.05, 3.63) is 119 Å². The number of amidine groups is 2. The summed E-state index contributed by atoms with van der Waals surface area (Å²) in [4.78, 5) is 32.2. The van der Waals surface area contributed by atoms with Gasteiger partial charge in [0.25, 0.3) is 12.0 Å². The van der Waals surface area contributed by atoms with Gasteiger partial charge in [-0.15, -0.1) is 0 Å². The van der Waals surface area contributed by atoms with Crippen LogP contribution in [0.25, 0.3) is 0 Å². The Morgan fingerprint density at radius 2 is 1.15 bits per heavy atom. The minimum atomic E-state index is -0.546. The molecule has 2 amide bonds. The van der Waals surface area contributed by atoms with Crippen molar-refractivity contribution < 1.29 is 33.3 Å². The van der Waals surface area contributed by atoms with Crippen LogP contribution in [0.3, 0.4) is 0 Å². The zero-order valence-corrected chi connectivity index (χ0v) is 29.4. The third kappa shape index (κ3) is 12.4. The van der Waals surface area contributed by atoms with Crippen molar-refractivity contribution >= 4 is 47.2 Å². The lowest BCUT2D eigenvalue weighted by molar-refractivity contribution is 0.155. The number of aliphatic imine (C=N–C) groups is 2. The van der Waals surface area contributed by atoms with Crippen LogP contribution in [0.4, 0.5) is 21.0 Å². The van der Waals surface area contributed by atoms with Gasteiger partial charge in [-0.3, -0.25) is 10.6 Å². The molecule has 272 valence electrons. The Morgan fingerprint density at radius 1 is 0.692 bits per heavy atom. The van der Waals surface area contributed by atoms with E-state index in [4.69, 9.17) is 46.8 Å². The Hall–Kier alpha value is -5.95. The fourth-order valence-electron chi connectivity index (χ4n) is 5.12. The molecule has 0 aromatic heterocycles. The van der Waals surface area contributed by atoms with Crippen LogP contribution < -0.4 is 31.6 Å². The lowest BCUT2D eigenvalue weighted by Gasteiger charge is -2.09. The van der Waals surface area contributed by atoms with Crippen LogP contribution in [0.5, 0.6) is 11.5 Å². The fourth-order valence-corrected chi connectivity index (χ4v) is 5.25. The average molecular weight is 729 g/mol. The van der Waals surface area contributed by atoms with Crippen LogP contribution in [0.1, 0.15) is 29.5 Å². The highest BCUT2D eigenvalue weighted by Gasteiger charge is 2.17. The zero-order valence-electron chi connectivity index (χ0n) is 28.6. The number of amides is 2. The summed E-state index contributed by atoms with van der Waals surface area (Å²) in [5, 5.41) is 6.05. The van der Waals surface area contributed by atoms with Crippen molar-refractivity contribution in [1.82, 2.24) is 0 Å². The number of anilines is 2. The fraction of sp³-hybridized carbons (Fsp3) is 0.263. The largest absolute Gasteiger partial charge is 0.497 e. The van der Waals surface area contributed by atoms with Gasteiger partial charge in [0.15, 0.2) is 0 Å². The van der Waals surface area contributed by atoms with Crippen LogP contribution in [0, 0.1) is 0 Å². The van der Waals surface area contributed by atoms with E-state index >= 15 is 0 Å². The van der Waals surface area contributed by atoms with Crippen molar-refractivity contribution in [2.24, 2.45) is 21.5 Å². The van der Waals surface area contributed by atoms with Gasteiger partial charge in [-0.05, 0) is 103 Å². The van der Waals surface area contributed by atoms with Crippen molar-refractivity contribution in [1.29, 1.82) is 0 Å². The number of carbonyl (C=O) groups excluding carboxylic acids is 2. The smallest absolute Gasteiger partial charge is 0.417 e. The number of nitrogens with two attached hydrogens (primary N) is 2. The molecule has 52 heavy (non-hydrogen) atoms. The van der Waals surface area contributed by atoms with E-state index in [1.54, 1.807) is 43.5 Å². The molecule has 0 fully saturated rings. The first-order valence-electron chi connectivity index (χ1n) is 16.6. The summed E-state index contributed by atoms with van der Waals surface area (Å²) in [6, 6.07) is 30.0. The molecule has 0 saturated carbocycles. The van der Waals surface area contributed by atoms with E-state index in [1.165, 1.54) is 0 Å². The van der Waals surface area contributed by atoms with Gasteiger partial charge < -0.3 is 35.2 Å². The quantitative estimate of drug-likeness (QED) is 0.124. The molecule has 14 heteroatoms. The van der Waals surface area contributed by atoms with Gasteiger partial charge in [-0.2, -0.15) is 0 Å². The Labute approximate surface area is 306 Å². The number of ether oxygens (including phenoxy) is 5. The van der Waals surface area contributed by atoms with E-state index in [2.05, 4.69) is 20.6 Å². The number of halogens is 1. The summed E-state index contributed by atoms with van der Waals surface area (Å²) in [7, 11) is 1.58. The maximum Gasteiger partial charge on any atom is 0.417 e. The summed E-state index contributed by atoms with van der Waals surface area (Å²) in [6.07, 6.45) is 2.42. The van der Waals surface area contributed by atoms with Gasteiger partial charge >= 0.3 is 12.2 Å². The van der Waals surface area contributed by atoms with E-state index < -0.39 is 12.2 Å². The second-order valence-corrected chi connectivity index (χ2v) is 12.3. The second-order valence-electron chi connectivity index (χ2n) is 11.9. The zero-order chi connectivity index (χ0) is 36.7. The minimum Gasteiger partial charge on any atom is -0.497 e. The van der Waals surface area contributed by atoms with Crippen molar-refractivity contribution in [3.8, 4) is 11.5 Å². The number of aryl methyl sites for hydroxylation is 2. The van der Waals surface area contributed by atoms with Gasteiger partial charge in [0.1, 0.15) is 31.3 Å². The average Bonchev–Trinajstić information content (AvgIpc) is 3.78. The first-order chi connectivity index (χ1) is 25.2. The molecule has 0 spiro atoms. The van der Waals surface area contributed by atoms with E-state index in [0.29, 0.717) is 41.1 Å². The normalized spacial score (nSPS) is 15.8. The number of benzene rings is 4. The Morgan fingerprint density at radius 3 is 1.62 bits per heavy atom. The number of methoxy groups -OCH3 is 1. The van der Waals surface area contributed by atoms with E-state index in [1.807, 2.05) is 60.7 Å². The molecule has 0 saturated heterocycles. The summed E-state index contributed by atoms with van der Waals surface area (Å²) in [5.41, 5.74) is 15.5. The van der Waals surface area contributed by atoms with Crippen molar-refractivity contribution in [2.45, 2.75) is 44.4 Å². The number of hydrogen-bond donors (Lipinski definition) is 4. The van der Waals surface area contributed by atoms with Crippen molar-refractivity contribution in [3.63, 3.8) is 0 Å². The maximum atomic E-state index is 11.9. The summed E-state index contributed by atoms with van der Waals surface area (Å²) in [5.74, 6) is 1.14. The van der Waals surface area contributed by atoms with E-state index in [0.717, 1.165) is 42.4 Å². The molecule has 0 aliphatic carbocycles. The molecule has 6 N–H and O–H groups in total. The lowest BCUT2D eigenvalue weighted by Crippen LogP contribution is -2.16. The summed E-state index contributed by atoms with van der Waals surface area (Å²) in [6.45, 7) is 1.28. The molecule has 2 unspecified atom stereocenters. The summed E-state index contributed by atoms with van der Waals surface area (Å²) >= 11 is 5.82. The number of carbonyl (C=O) groups is 2. The Balaban J connectivity index is 0.000000201. The highest BCUT2D eigenvalue weighted by atomic mass is 35.5. The van der Waals surface area contributed by atoms with E-state index in [9.17, 15) is 9.59 Å². The molecule has 2 atom stereocenters. The minimum absolute atomic E-state index is 0.118. The van der Waals surface area contributed by atoms with Gasteiger partial charge in [0, 0.05) is 16.4 Å². The number of rotatable bonds is 12. The molecule has 0 radical (unpaired) electrons. The number of nitrogens with one attached hydrogen (secondary N) is 2. The summed E-state index contributed by atoms with van der Waals surface area (Å²) < 4.78 is 25.8. The van der Waals surface area contributed by atoms with Crippen molar-refractivity contribution in [2.75, 3.05) is 31.0 Å². The third-order valence-corrected chi connectivity index (χ3v) is 8.21. The second kappa shape index (κ2) is 18.9. The maximum absolute atomic E-state index is 11.9.